The number of rotatable bonds is 7. The van der Waals surface area contributed by atoms with E-state index in [9.17, 15) is 13.6 Å². The van der Waals surface area contributed by atoms with E-state index in [-0.39, 0.29) is 16.5 Å². The summed E-state index contributed by atoms with van der Waals surface area (Å²) in [6, 6.07) is 10.4. The van der Waals surface area contributed by atoms with E-state index >= 15 is 0 Å². The van der Waals surface area contributed by atoms with Crippen LogP contribution in [-0.2, 0) is 0 Å². The highest BCUT2D eigenvalue weighted by Gasteiger charge is 2.25. The topological polar surface area (TPSA) is 45.7 Å². The Kier molecular flexibility index (Phi) is 7.47. The van der Waals surface area contributed by atoms with Gasteiger partial charge in [0.15, 0.2) is 0 Å². The molecule has 1 aromatic heterocycles. The van der Waals surface area contributed by atoms with Crippen LogP contribution in [0.4, 0.5) is 8.78 Å². The SMILES string of the molecule is O=C(c1cccnc1SC(F)F)N1CCN(CCOc2ccccc2Cl)CC1. The van der Waals surface area contributed by atoms with E-state index in [4.69, 9.17) is 16.3 Å². The van der Waals surface area contributed by atoms with Crippen molar-refractivity contribution in [3.63, 3.8) is 0 Å². The Morgan fingerprint density at radius 1 is 1.18 bits per heavy atom. The molecular formula is C19H20ClF2N3O2S. The first-order chi connectivity index (χ1) is 13.5. The van der Waals surface area contributed by atoms with Gasteiger partial charge in [-0.15, -0.1) is 0 Å². The fraction of sp³-hybridized carbons (Fsp3) is 0.368. The molecule has 1 saturated heterocycles. The fourth-order valence-electron chi connectivity index (χ4n) is 2.92. The largest absolute Gasteiger partial charge is 0.491 e. The maximum atomic E-state index is 12.7. The number of nitrogens with zero attached hydrogens (tertiary/aromatic N) is 3. The predicted octanol–water partition coefficient (Wildman–Crippen LogP) is 3.89. The van der Waals surface area contributed by atoms with Gasteiger partial charge in [0.2, 0.25) is 0 Å². The quantitative estimate of drug-likeness (QED) is 0.627. The van der Waals surface area contributed by atoms with Crippen LogP contribution in [0.1, 0.15) is 10.4 Å². The monoisotopic (exact) mass is 427 g/mol. The molecule has 1 aliphatic rings. The van der Waals surface area contributed by atoms with Gasteiger partial charge in [0.25, 0.3) is 11.7 Å². The molecule has 1 aliphatic heterocycles. The third-order valence-electron chi connectivity index (χ3n) is 4.36. The zero-order valence-electron chi connectivity index (χ0n) is 15.1. The molecule has 3 rings (SSSR count). The standard InChI is InChI=1S/C19H20ClF2N3O2S/c20-15-5-1-2-6-16(15)27-13-12-24-8-10-25(11-9-24)18(26)14-4-3-7-23-17(14)28-19(21)22/h1-7,19H,8-13H2. The Hall–Kier alpha value is -1.90. The van der Waals surface area contributed by atoms with Gasteiger partial charge < -0.3 is 9.64 Å². The van der Waals surface area contributed by atoms with Crippen LogP contribution in [0.2, 0.25) is 5.02 Å². The summed E-state index contributed by atoms with van der Waals surface area (Å²) in [6.07, 6.45) is 1.42. The number of amides is 1. The first kappa shape index (κ1) is 20.8. The van der Waals surface area contributed by atoms with Crippen molar-refractivity contribution in [1.29, 1.82) is 0 Å². The third kappa shape index (κ3) is 5.56. The lowest BCUT2D eigenvalue weighted by Crippen LogP contribution is -2.49. The van der Waals surface area contributed by atoms with Gasteiger partial charge in [0, 0.05) is 38.9 Å². The number of benzene rings is 1. The number of carbonyl (C=O) groups excluding carboxylic acids is 1. The highest BCUT2D eigenvalue weighted by molar-refractivity contribution is 7.99. The van der Waals surface area contributed by atoms with Gasteiger partial charge in [-0.2, -0.15) is 8.78 Å². The van der Waals surface area contributed by atoms with E-state index < -0.39 is 5.76 Å². The molecule has 0 bridgehead atoms. The maximum Gasteiger partial charge on any atom is 0.290 e. The van der Waals surface area contributed by atoms with Crippen LogP contribution < -0.4 is 4.74 Å². The lowest BCUT2D eigenvalue weighted by Gasteiger charge is -2.34. The van der Waals surface area contributed by atoms with Crippen molar-refractivity contribution in [2.24, 2.45) is 0 Å². The van der Waals surface area contributed by atoms with Crippen LogP contribution in [0.5, 0.6) is 5.75 Å². The zero-order chi connectivity index (χ0) is 19.9. The summed E-state index contributed by atoms with van der Waals surface area (Å²) < 4.78 is 31.1. The van der Waals surface area contributed by atoms with E-state index in [1.165, 1.54) is 6.20 Å². The number of alkyl halides is 2. The molecule has 1 aromatic carbocycles. The molecule has 0 spiro atoms. The highest BCUT2D eigenvalue weighted by atomic mass is 35.5. The molecule has 5 nitrogen and oxygen atoms in total. The highest BCUT2D eigenvalue weighted by Crippen LogP contribution is 2.27. The molecule has 0 atom stereocenters. The van der Waals surface area contributed by atoms with Gasteiger partial charge >= 0.3 is 0 Å². The molecule has 0 N–H and O–H groups in total. The molecule has 0 unspecified atom stereocenters. The lowest BCUT2D eigenvalue weighted by atomic mass is 10.2. The summed E-state index contributed by atoms with van der Waals surface area (Å²) >= 11 is 6.36. The lowest BCUT2D eigenvalue weighted by molar-refractivity contribution is 0.0616. The minimum atomic E-state index is -2.61. The molecule has 2 aromatic rings. The maximum absolute atomic E-state index is 12.7. The third-order valence-corrected chi connectivity index (χ3v) is 5.40. The van der Waals surface area contributed by atoms with Crippen LogP contribution in [0.15, 0.2) is 47.6 Å². The molecule has 2 heterocycles. The van der Waals surface area contributed by atoms with Gasteiger partial charge in [-0.1, -0.05) is 23.7 Å². The van der Waals surface area contributed by atoms with Crippen LogP contribution in [-0.4, -0.2) is 65.8 Å². The van der Waals surface area contributed by atoms with Crippen molar-refractivity contribution in [2.45, 2.75) is 10.8 Å². The number of hydrogen-bond donors (Lipinski definition) is 0. The summed E-state index contributed by atoms with van der Waals surface area (Å²) in [5.41, 5.74) is 0.225. The fourth-order valence-corrected chi connectivity index (χ4v) is 3.69. The summed E-state index contributed by atoms with van der Waals surface area (Å²) in [6.45, 7) is 3.64. The second kappa shape index (κ2) is 10.0. The van der Waals surface area contributed by atoms with Crippen LogP contribution in [0.25, 0.3) is 0 Å². The van der Waals surface area contributed by atoms with Crippen molar-refractivity contribution in [2.75, 3.05) is 39.3 Å². The van der Waals surface area contributed by atoms with Crippen molar-refractivity contribution in [1.82, 2.24) is 14.8 Å². The van der Waals surface area contributed by atoms with Crippen molar-refractivity contribution >= 4 is 29.3 Å². The van der Waals surface area contributed by atoms with E-state index in [1.807, 2.05) is 18.2 Å². The van der Waals surface area contributed by atoms with Crippen LogP contribution in [0.3, 0.4) is 0 Å². The second-order valence-corrected chi connectivity index (χ2v) is 7.53. The van der Waals surface area contributed by atoms with Gasteiger partial charge in [0.05, 0.1) is 10.6 Å². The number of hydrogen-bond acceptors (Lipinski definition) is 5. The zero-order valence-corrected chi connectivity index (χ0v) is 16.6. The van der Waals surface area contributed by atoms with Crippen LogP contribution in [0, 0.1) is 0 Å². The molecule has 150 valence electrons. The molecule has 28 heavy (non-hydrogen) atoms. The molecule has 9 heteroatoms. The molecular weight excluding hydrogens is 408 g/mol. The van der Waals surface area contributed by atoms with Crippen LogP contribution >= 0.6 is 23.4 Å². The van der Waals surface area contributed by atoms with E-state index in [0.717, 1.165) is 0 Å². The summed E-state index contributed by atoms with van der Waals surface area (Å²) in [7, 11) is 0. The van der Waals surface area contributed by atoms with E-state index in [2.05, 4.69) is 9.88 Å². The Balaban J connectivity index is 1.49. The second-order valence-electron chi connectivity index (χ2n) is 6.15. The Bertz CT molecular complexity index is 804. The summed E-state index contributed by atoms with van der Waals surface area (Å²) in [4.78, 5) is 20.5. The van der Waals surface area contributed by atoms with Gasteiger partial charge in [-0.25, -0.2) is 4.98 Å². The van der Waals surface area contributed by atoms with Crippen molar-refractivity contribution in [3.05, 3.63) is 53.2 Å². The number of thioether (sulfide) groups is 1. The minimum Gasteiger partial charge on any atom is -0.491 e. The average Bonchev–Trinajstić information content (AvgIpc) is 2.69. The molecule has 1 amide bonds. The van der Waals surface area contributed by atoms with Crippen molar-refractivity contribution < 1.29 is 18.3 Å². The first-order valence-electron chi connectivity index (χ1n) is 8.83. The average molecular weight is 428 g/mol. The summed E-state index contributed by atoms with van der Waals surface area (Å²) in [5.74, 6) is -2.22. The summed E-state index contributed by atoms with van der Waals surface area (Å²) in [5, 5.41) is 0.643. The number of ether oxygens (including phenoxy) is 1. The van der Waals surface area contributed by atoms with Gasteiger partial charge in [-0.05, 0) is 36.0 Å². The molecule has 0 saturated carbocycles. The smallest absolute Gasteiger partial charge is 0.290 e. The number of pyridine rings is 1. The Labute approximate surface area is 171 Å². The normalized spacial score (nSPS) is 15.1. The Morgan fingerprint density at radius 2 is 1.93 bits per heavy atom. The van der Waals surface area contributed by atoms with E-state index in [1.54, 1.807) is 23.1 Å². The molecule has 1 fully saturated rings. The van der Waals surface area contributed by atoms with E-state index in [0.29, 0.717) is 61.9 Å². The molecule has 0 radical (unpaired) electrons. The Morgan fingerprint density at radius 3 is 2.64 bits per heavy atom. The number of carbonyl (C=O) groups is 1. The number of aromatic nitrogens is 1. The van der Waals surface area contributed by atoms with Crippen molar-refractivity contribution in [3.8, 4) is 5.75 Å². The predicted molar refractivity (Wildman–Crippen MR) is 105 cm³/mol. The van der Waals surface area contributed by atoms with Gasteiger partial charge in [-0.3, -0.25) is 9.69 Å². The number of halogens is 3. The number of piperazine rings is 1. The minimum absolute atomic E-state index is 0.0677. The first-order valence-corrected chi connectivity index (χ1v) is 10.1. The van der Waals surface area contributed by atoms with Gasteiger partial charge in [0.1, 0.15) is 17.4 Å². The molecule has 0 aliphatic carbocycles. The number of para-hydroxylation sites is 1.